The summed E-state index contributed by atoms with van der Waals surface area (Å²) in [5, 5.41) is 26.8. The molecule has 1 aromatic rings. The van der Waals surface area contributed by atoms with Crippen LogP contribution in [-0.2, 0) is 0 Å². The third-order valence-corrected chi connectivity index (χ3v) is 1.55. The van der Waals surface area contributed by atoms with Gasteiger partial charge in [0.2, 0.25) is 0 Å². The second-order valence-electron chi connectivity index (χ2n) is 2.53. The molecule has 2 atom stereocenters. The van der Waals surface area contributed by atoms with Gasteiger partial charge in [0.1, 0.15) is 12.2 Å². The molecule has 0 bridgehead atoms. The van der Waals surface area contributed by atoms with Crippen molar-refractivity contribution in [2.75, 3.05) is 6.61 Å². The number of nitrogens with zero attached hydrogens (tertiary/aromatic N) is 1. The Morgan fingerprint density at radius 3 is 2.69 bits per heavy atom. The van der Waals surface area contributed by atoms with Crippen LogP contribution in [-0.4, -0.2) is 38.0 Å². The van der Waals surface area contributed by atoms with Crippen LogP contribution < -0.4 is 5.56 Å². The minimum Gasteiger partial charge on any atom is -0.394 e. The quantitative estimate of drug-likeness (QED) is 0.443. The van der Waals surface area contributed by atoms with Crippen molar-refractivity contribution >= 4 is 0 Å². The molecule has 0 radical (unpaired) electrons. The van der Waals surface area contributed by atoms with Gasteiger partial charge in [0, 0.05) is 6.20 Å². The van der Waals surface area contributed by atoms with Gasteiger partial charge in [-0.3, -0.25) is 9.78 Å². The van der Waals surface area contributed by atoms with E-state index in [1.165, 1.54) is 6.20 Å². The summed E-state index contributed by atoms with van der Waals surface area (Å²) in [5.41, 5.74) is -0.282. The number of aromatic amines is 1. The topological polar surface area (TPSA) is 106 Å². The molecule has 0 amide bonds. The molecule has 1 aromatic heterocycles. The van der Waals surface area contributed by atoms with E-state index in [-0.39, 0.29) is 5.69 Å². The highest BCUT2D eigenvalue weighted by Gasteiger charge is 2.18. The molecule has 2 unspecified atom stereocenters. The lowest BCUT2D eigenvalue weighted by molar-refractivity contribution is -0.0174. The van der Waals surface area contributed by atoms with Gasteiger partial charge < -0.3 is 20.3 Å². The minimum absolute atomic E-state index is 0.112. The SMILES string of the molecule is O=c1cnc(C(O)C(O)CO)c[nH]1. The number of hydrogen-bond donors (Lipinski definition) is 4. The van der Waals surface area contributed by atoms with Crippen molar-refractivity contribution < 1.29 is 15.3 Å². The van der Waals surface area contributed by atoms with Gasteiger partial charge in [-0.15, -0.1) is 0 Å². The summed E-state index contributed by atoms with van der Waals surface area (Å²) in [6, 6.07) is 0. The van der Waals surface area contributed by atoms with Gasteiger partial charge in [-0.2, -0.15) is 0 Å². The Balaban J connectivity index is 2.83. The van der Waals surface area contributed by atoms with E-state index < -0.39 is 24.4 Å². The Morgan fingerprint density at radius 2 is 2.23 bits per heavy atom. The molecule has 6 nitrogen and oxygen atoms in total. The maximum Gasteiger partial charge on any atom is 0.266 e. The first-order valence-electron chi connectivity index (χ1n) is 3.66. The van der Waals surface area contributed by atoms with E-state index in [4.69, 9.17) is 10.2 Å². The lowest BCUT2D eigenvalue weighted by Gasteiger charge is -2.13. The predicted octanol–water partition coefficient (Wildman–Crippen LogP) is -1.84. The maximum absolute atomic E-state index is 10.6. The van der Waals surface area contributed by atoms with Crippen molar-refractivity contribution in [3.8, 4) is 0 Å². The van der Waals surface area contributed by atoms with Crippen molar-refractivity contribution in [2.24, 2.45) is 0 Å². The van der Waals surface area contributed by atoms with Crippen LogP contribution in [0.25, 0.3) is 0 Å². The molecule has 0 spiro atoms. The van der Waals surface area contributed by atoms with E-state index in [1.807, 2.05) is 0 Å². The van der Waals surface area contributed by atoms with Crippen LogP contribution in [0, 0.1) is 0 Å². The normalized spacial score (nSPS) is 15.3. The van der Waals surface area contributed by atoms with Crippen LogP contribution >= 0.6 is 0 Å². The Morgan fingerprint density at radius 1 is 1.54 bits per heavy atom. The first-order valence-corrected chi connectivity index (χ1v) is 3.66. The van der Waals surface area contributed by atoms with Gasteiger partial charge in [0.15, 0.2) is 0 Å². The van der Waals surface area contributed by atoms with E-state index in [0.29, 0.717) is 0 Å². The van der Waals surface area contributed by atoms with Gasteiger partial charge in [-0.25, -0.2) is 0 Å². The molecule has 6 heteroatoms. The zero-order valence-corrected chi connectivity index (χ0v) is 6.71. The maximum atomic E-state index is 10.6. The number of rotatable bonds is 3. The molecule has 0 aliphatic carbocycles. The molecule has 72 valence electrons. The average molecular weight is 186 g/mol. The average Bonchev–Trinajstić information content (AvgIpc) is 2.17. The highest BCUT2D eigenvalue weighted by Crippen LogP contribution is 2.11. The van der Waals surface area contributed by atoms with Gasteiger partial charge in [0.25, 0.3) is 5.56 Å². The van der Waals surface area contributed by atoms with E-state index in [1.54, 1.807) is 0 Å². The van der Waals surface area contributed by atoms with E-state index in [2.05, 4.69) is 9.97 Å². The molecule has 0 saturated carbocycles. The van der Waals surface area contributed by atoms with Crippen LogP contribution in [0.3, 0.4) is 0 Å². The fourth-order valence-corrected chi connectivity index (χ4v) is 0.811. The molecule has 1 heterocycles. The monoisotopic (exact) mass is 186 g/mol. The van der Waals surface area contributed by atoms with E-state index in [0.717, 1.165) is 6.20 Å². The predicted molar refractivity (Wildman–Crippen MR) is 42.9 cm³/mol. The third-order valence-electron chi connectivity index (χ3n) is 1.55. The first kappa shape index (κ1) is 9.85. The van der Waals surface area contributed by atoms with Crippen LogP contribution in [0.4, 0.5) is 0 Å². The molecule has 0 saturated heterocycles. The molecule has 0 aliphatic heterocycles. The van der Waals surface area contributed by atoms with Gasteiger partial charge in [-0.1, -0.05) is 0 Å². The molecule has 0 aliphatic rings. The Kier molecular flexibility index (Phi) is 3.13. The van der Waals surface area contributed by atoms with Gasteiger partial charge in [-0.05, 0) is 0 Å². The van der Waals surface area contributed by atoms with Gasteiger partial charge in [0.05, 0.1) is 18.5 Å². The number of hydrogen-bond acceptors (Lipinski definition) is 5. The summed E-state index contributed by atoms with van der Waals surface area (Å²) in [4.78, 5) is 16.4. The highest BCUT2D eigenvalue weighted by atomic mass is 16.4. The fourth-order valence-electron chi connectivity index (χ4n) is 0.811. The molecule has 0 fully saturated rings. The minimum atomic E-state index is -1.29. The van der Waals surface area contributed by atoms with Crippen molar-refractivity contribution in [3.63, 3.8) is 0 Å². The van der Waals surface area contributed by atoms with Gasteiger partial charge >= 0.3 is 0 Å². The third kappa shape index (κ3) is 2.35. The summed E-state index contributed by atoms with van der Waals surface area (Å²) in [7, 11) is 0. The zero-order valence-electron chi connectivity index (χ0n) is 6.71. The van der Waals surface area contributed by atoms with Crippen LogP contribution in [0.15, 0.2) is 17.2 Å². The summed E-state index contributed by atoms with van der Waals surface area (Å²) in [5.74, 6) is 0. The van der Waals surface area contributed by atoms with Crippen LogP contribution in [0.1, 0.15) is 11.8 Å². The molecular weight excluding hydrogens is 176 g/mol. The Labute approximate surface area is 73.5 Å². The standard InChI is InChI=1S/C7H10N2O4/c10-3-5(11)7(13)4-1-9-6(12)2-8-4/h1-2,5,7,10-11,13H,3H2,(H,9,12). The first-order chi connectivity index (χ1) is 6.15. The second-order valence-corrected chi connectivity index (χ2v) is 2.53. The van der Waals surface area contributed by atoms with Crippen molar-refractivity contribution in [1.82, 2.24) is 9.97 Å². The van der Waals surface area contributed by atoms with E-state index >= 15 is 0 Å². The smallest absolute Gasteiger partial charge is 0.266 e. The molecule has 1 rings (SSSR count). The lowest BCUT2D eigenvalue weighted by Crippen LogP contribution is -2.23. The number of aliphatic hydroxyl groups excluding tert-OH is 3. The van der Waals surface area contributed by atoms with Crippen molar-refractivity contribution in [2.45, 2.75) is 12.2 Å². The summed E-state index contributed by atoms with van der Waals surface area (Å²) in [6.07, 6.45) is -0.408. The molecule has 13 heavy (non-hydrogen) atoms. The lowest BCUT2D eigenvalue weighted by atomic mass is 10.1. The Hall–Kier alpha value is -1.24. The largest absolute Gasteiger partial charge is 0.394 e. The number of aliphatic hydroxyl groups is 3. The summed E-state index contributed by atoms with van der Waals surface area (Å²) in [6.45, 7) is -0.567. The summed E-state index contributed by atoms with van der Waals surface area (Å²) >= 11 is 0. The van der Waals surface area contributed by atoms with Crippen LogP contribution in [0.2, 0.25) is 0 Å². The highest BCUT2D eigenvalue weighted by molar-refractivity contribution is 5.01. The van der Waals surface area contributed by atoms with E-state index in [9.17, 15) is 9.90 Å². The molecule has 4 N–H and O–H groups in total. The zero-order chi connectivity index (χ0) is 9.84. The summed E-state index contributed by atoms with van der Waals surface area (Å²) < 4.78 is 0. The number of H-pyrrole nitrogens is 1. The fraction of sp³-hybridized carbons (Fsp3) is 0.429. The van der Waals surface area contributed by atoms with Crippen molar-refractivity contribution in [1.29, 1.82) is 0 Å². The van der Waals surface area contributed by atoms with Crippen LogP contribution in [0.5, 0.6) is 0 Å². The van der Waals surface area contributed by atoms with Crippen molar-refractivity contribution in [3.05, 3.63) is 28.4 Å². The number of nitrogens with one attached hydrogen (secondary N) is 1. The number of aromatic nitrogens is 2. The second kappa shape index (κ2) is 4.13. The Bertz CT molecular complexity index is 304. The molecular formula is C7H10N2O4. The molecule has 0 aromatic carbocycles.